The molecule has 1 saturated heterocycles. The molecule has 2 N–H and O–H groups in total. The van der Waals surface area contributed by atoms with E-state index in [-0.39, 0.29) is 5.91 Å². The highest BCUT2D eigenvalue weighted by Crippen LogP contribution is 2.28. The van der Waals surface area contributed by atoms with Gasteiger partial charge in [0.2, 0.25) is 5.91 Å². The summed E-state index contributed by atoms with van der Waals surface area (Å²) < 4.78 is 0. The highest BCUT2D eigenvalue weighted by molar-refractivity contribution is 5.73. The van der Waals surface area contributed by atoms with Crippen LogP contribution in [0.4, 0.5) is 0 Å². The molecule has 1 aliphatic heterocycles. The van der Waals surface area contributed by atoms with Gasteiger partial charge in [0.25, 0.3) is 0 Å². The second kappa shape index (κ2) is 6.20. The van der Waals surface area contributed by atoms with E-state index < -0.39 is 0 Å². The van der Waals surface area contributed by atoms with Crippen molar-refractivity contribution in [1.82, 2.24) is 4.90 Å². The number of amides is 1. The SMILES string of the molecule is Cc1cccc(C(C)N2CCC(CC(N)=O)CC2)c1. The molecule has 19 heavy (non-hydrogen) atoms. The lowest BCUT2D eigenvalue weighted by Gasteiger charge is -2.36. The Balaban J connectivity index is 1.92. The number of benzene rings is 1. The van der Waals surface area contributed by atoms with Gasteiger partial charge >= 0.3 is 0 Å². The third-order valence-electron chi connectivity index (χ3n) is 4.21. The van der Waals surface area contributed by atoms with E-state index in [0.717, 1.165) is 25.9 Å². The molecule has 0 bridgehead atoms. The summed E-state index contributed by atoms with van der Waals surface area (Å²) in [4.78, 5) is 13.5. The van der Waals surface area contributed by atoms with Crippen LogP contribution in [0.1, 0.15) is 43.4 Å². The summed E-state index contributed by atoms with van der Waals surface area (Å²) in [6.07, 6.45) is 2.71. The van der Waals surface area contributed by atoms with Crippen LogP contribution in [-0.4, -0.2) is 23.9 Å². The number of rotatable bonds is 4. The lowest BCUT2D eigenvalue weighted by Crippen LogP contribution is -2.36. The molecule has 0 radical (unpaired) electrons. The Hall–Kier alpha value is -1.35. The molecule has 2 rings (SSSR count). The summed E-state index contributed by atoms with van der Waals surface area (Å²) in [6.45, 7) is 6.53. The fourth-order valence-corrected chi connectivity index (χ4v) is 2.97. The zero-order valence-corrected chi connectivity index (χ0v) is 11.9. The zero-order valence-electron chi connectivity index (χ0n) is 11.9. The van der Waals surface area contributed by atoms with Crippen LogP contribution in [0.25, 0.3) is 0 Å². The van der Waals surface area contributed by atoms with Gasteiger partial charge in [-0.1, -0.05) is 29.8 Å². The van der Waals surface area contributed by atoms with Crippen molar-refractivity contribution in [3.63, 3.8) is 0 Å². The number of carbonyl (C=O) groups excluding carboxylic acids is 1. The van der Waals surface area contributed by atoms with Gasteiger partial charge < -0.3 is 5.73 Å². The summed E-state index contributed by atoms with van der Waals surface area (Å²) in [5.74, 6) is 0.323. The summed E-state index contributed by atoms with van der Waals surface area (Å²) in [5.41, 5.74) is 7.97. The Labute approximate surface area is 115 Å². The van der Waals surface area contributed by atoms with E-state index in [9.17, 15) is 4.79 Å². The maximum Gasteiger partial charge on any atom is 0.217 e. The van der Waals surface area contributed by atoms with Crippen molar-refractivity contribution in [2.45, 2.75) is 39.2 Å². The van der Waals surface area contributed by atoms with Crippen LogP contribution in [0, 0.1) is 12.8 Å². The fourth-order valence-electron chi connectivity index (χ4n) is 2.97. The first-order chi connectivity index (χ1) is 9.06. The van der Waals surface area contributed by atoms with Crippen LogP contribution >= 0.6 is 0 Å². The second-order valence-electron chi connectivity index (χ2n) is 5.74. The summed E-state index contributed by atoms with van der Waals surface area (Å²) in [6, 6.07) is 9.18. The van der Waals surface area contributed by atoms with E-state index in [2.05, 4.69) is 43.0 Å². The first-order valence-electron chi connectivity index (χ1n) is 7.15. The number of likely N-dealkylation sites (tertiary alicyclic amines) is 1. The molecular formula is C16H24N2O. The maximum absolute atomic E-state index is 11.0. The predicted molar refractivity (Wildman–Crippen MR) is 77.7 cm³/mol. The number of carbonyl (C=O) groups is 1. The van der Waals surface area contributed by atoms with Crippen LogP contribution in [0.2, 0.25) is 0 Å². The Kier molecular flexibility index (Phi) is 4.59. The molecule has 0 spiro atoms. The molecule has 3 nitrogen and oxygen atoms in total. The number of piperidine rings is 1. The molecule has 1 heterocycles. The first kappa shape index (κ1) is 14.1. The van der Waals surface area contributed by atoms with Crippen LogP contribution < -0.4 is 5.73 Å². The molecule has 0 aliphatic carbocycles. The molecule has 1 aromatic rings. The summed E-state index contributed by atoms with van der Waals surface area (Å²) in [7, 11) is 0. The topological polar surface area (TPSA) is 46.3 Å². The minimum Gasteiger partial charge on any atom is -0.370 e. The van der Waals surface area contributed by atoms with E-state index in [0.29, 0.717) is 18.4 Å². The van der Waals surface area contributed by atoms with E-state index >= 15 is 0 Å². The molecule has 0 aromatic heterocycles. The Morgan fingerprint density at radius 1 is 1.42 bits per heavy atom. The van der Waals surface area contributed by atoms with Crippen LogP contribution in [0.15, 0.2) is 24.3 Å². The largest absolute Gasteiger partial charge is 0.370 e. The number of hydrogen-bond donors (Lipinski definition) is 1. The number of primary amides is 1. The van der Waals surface area contributed by atoms with Gasteiger partial charge in [0.15, 0.2) is 0 Å². The Bertz CT molecular complexity index is 436. The smallest absolute Gasteiger partial charge is 0.217 e. The minimum atomic E-state index is -0.162. The van der Waals surface area contributed by atoms with Crippen LogP contribution in [0.5, 0.6) is 0 Å². The molecule has 1 aliphatic rings. The van der Waals surface area contributed by atoms with Crippen LogP contribution in [-0.2, 0) is 4.79 Å². The van der Waals surface area contributed by atoms with Gasteiger partial charge in [0, 0.05) is 12.5 Å². The standard InChI is InChI=1S/C16H24N2O/c1-12-4-3-5-15(10-12)13(2)18-8-6-14(7-9-18)11-16(17)19/h3-5,10,13-14H,6-9,11H2,1-2H3,(H2,17,19). The Morgan fingerprint density at radius 2 is 2.11 bits per heavy atom. The van der Waals surface area contributed by atoms with Crippen molar-refractivity contribution in [2.24, 2.45) is 11.7 Å². The normalized spacial score (nSPS) is 19.3. The second-order valence-corrected chi connectivity index (χ2v) is 5.74. The van der Waals surface area contributed by atoms with E-state index in [1.807, 2.05) is 0 Å². The molecule has 1 unspecified atom stereocenters. The fraction of sp³-hybridized carbons (Fsp3) is 0.562. The van der Waals surface area contributed by atoms with Crippen molar-refractivity contribution in [3.8, 4) is 0 Å². The van der Waals surface area contributed by atoms with Gasteiger partial charge in [0.1, 0.15) is 0 Å². The average molecular weight is 260 g/mol. The quantitative estimate of drug-likeness (QED) is 0.904. The van der Waals surface area contributed by atoms with Gasteiger partial charge in [-0.15, -0.1) is 0 Å². The predicted octanol–water partition coefficient (Wildman–Crippen LogP) is 2.64. The third kappa shape index (κ3) is 3.80. The lowest BCUT2D eigenvalue weighted by molar-refractivity contribution is -0.119. The van der Waals surface area contributed by atoms with Gasteiger partial charge in [-0.25, -0.2) is 0 Å². The van der Waals surface area contributed by atoms with Gasteiger partial charge in [-0.3, -0.25) is 9.69 Å². The monoisotopic (exact) mass is 260 g/mol. The molecule has 1 atom stereocenters. The summed E-state index contributed by atoms with van der Waals surface area (Å²) in [5, 5.41) is 0. The van der Waals surface area contributed by atoms with Gasteiger partial charge in [-0.2, -0.15) is 0 Å². The molecule has 1 aromatic carbocycles. The van der Waals surface area contributed by atoms with Crippen molar-refractivity contribution in [3.05, 3.63) is 35.4 Å². The average Bonchev–Trinajstić information content (AvgIpc) is 2.38. The maximum atomic E-state index is 11.0. The van der Waals surface area contributed by atoms with Crippen molar-refractivity contribution in [1.29, 1.82) is 0 Å². The molecular weight excluding hydrogens is 236 g/mol. The molecule has 104 valence electrons. The number of hydrogen-bond acceptors (Lipinski definition) is 2. The van der Waals surface area contributed by atoms with Crippen molar-refractivity contribution >= 4 is 5.91 Å². The number of aryl methyl sites for hydroxylation is 1. The Morgan fingerprint density at radius 3 is 2.68 bits per heavy atom. The highest BCUT2D eigenvalue weighted by Gasteiger charge is 2.24. The van der Waals surface area contributed by atoms with E-state index in [1.54, 1.807) is 0 Å². The third-order valence-corrected chi connectivity index (χ3v) is 4.21. The number of nitrogens with zero attached hydrogens (tertiary/aromatic N) is 1. The molecule has 1 fully saturated rings. The highest BCUT2D eigenvalue weighted by atomic mass is 16.1. The molecule has 1 amide bonds. The summed E-state index contributed by atoms with van der Waals surface area (Å²) >= 11 is 0. The minimum absolute atomic E-state index is 0.162. The van der Waals surface area contributed by atoms with Crippen molar-refractivity contribution in [2.75, 3.05) is 13.1 Å². The molecule has 3 heteroatoms. The van der Waals surface area contributed by atoms with Crippen LogP contribution in [0.3, 0.4) is 0 Å². The molecule has 0 saturated carbocycles. The zero-order chi connectivity index (χ0) is 13.8. The van der Waals surface area contributed by atoms with Crippen molar-refractivity contribution < 1.29 is 4.79 Å². The first-order valence-corrected chi connectivity index (χ1v) is 7.15. The van der Waals surface area contributed by atoms with E-state index in [1.165, 1.54) is 11.1 Å². The van der Waals surface area contributed by atoms with E-state index in [4.69, 9.17) is 5.73 Å². The lowest BCUT2D eigenvalue weighted by atomic mass is 9.91. The van der Waals surface area contributed by atoms with Gasteiger partial charge in [-0.05, 0) is 51.3 Å². The number of nitrogens with two attached hydrogens (primary N) is 1. The van der Waals surface area contributed by atoms with Gasteiger partial charge in [0.05, 0.1) is 0 Å².